The molecule has 1 aromatic heterocycles. The third kappa shape index (κ3) is 3.82. The molecular formula is C13H21BrN2O2S2. The average molecular weight is 381 g/mol. The topological polar surface area (TPSA) is 58.2 Å². The number of halogens is 1. The molecule has 1 aliphatic rings. The van der Waals surface area contributed by atoms with E-state index in [0.717, 1.165) is 30.6 Å². The summed E-state index contributed by atoms with van der Waals surface area (Å²) in [5.41, 5.74) is 0.220. The van der Waals surface area contributed by atoms with Crippen molar-refractivity contribution in [1.82, 2.24) is 10.0 Å². The monoisotopic (exact) mass is 380 g/mol. The highest BCUT2D eigenvalue weighted by Crippen LogP contribution is 2.49. The van der Waals surface area contributed by atoms with E-state index in [1.165, 1.54) is 11.3 Å². The molecule has 0 aliphatic heterocycles. The Morgan fingerprint density at radius 2 is 2.15 bits per heavy atom. The van der Waals surface area contributed by atoms with Crippen molar-refractivity contribution in [2.24, 2.45) is 5.41 Å². The molecule has 1 aromatic rings. The van der Waals surface area contributed by atoms with Crippen molar-refractivity contribution in [2.45, 2.75) is 44.0 Å². The van der Waals surface area contributed by atoms with Gasteiger partial charge in [0.2, 0.25) is 10.0 Å². The summed E-state index contributed by atoms with van der Waals surface area (Å²) in [7, 11) is -1.57. The van der Waals surface area contributed by atoms with E-state index in [4.69, 9.17) is 0 Å². The van der Waals surface area contributed by atoms with E-state index >= 15 is 0 Å². The summed E-state index contributed by atoms with van der Waals surface area (Å²) in [6.07, 6.45) is 4.49. The Labute approximate surface area is 133 Å². The van der Waals surface area contributed by atoms with E-state index in [2.05, 4.69) is 32.9 Å². The Hall–Kier alpha value is 0.0500. The minimum absolute atomic E-state index is 0.220. The van der Waals surface area contributed by atoms with Crippen LogP contribution < -0.4 is 10.0 Å². The first-order valence-corrected chi connectivity index (χ1v) is 9.94. The van der Waals surface area contributed by atoms with Gasteiger partial charge in [-0.2, -0.15) is 0 Å². The fraction of sp³-hybridized carbons (Fsp3) is 0.692. The van der Waals surface area contributed by atoms with Crippen molar-refractivity contribution in [1.29, 1.82) is 0 Å². The van der Waals surface area contributed by atoms with Gasteiger partial charge in [-0.1, -0.05) is 13.3 Å². The molecule has 4 nitrogen and oxygen atoms in total. The molecule has 1 aliphatic carbocycles. The molecular weight excluding hydrogens is 360 g/mol. The first-order chi connectivity index (χ1) is 9.42. The van der Waals surface area contributed by atoms with E-state index in [1.54, 1.807) is 6.07 Å². The van der Waals surface area contributed by atoms with Crippen LogP contribution in [-0.2, 0) is 16.6 Å². The molecule has 0 atom stereocenters. The van der Waals surface area contributed by atoms with Gasteiger partial charge in [0.15, 0.2) is 0 Å². The van der Waals surface area contributed by atoms with Crippen LogP contribution in [0.25, 0.3) is 0 Å². The fourth-order valence-electron chi connectivity index (χ4n) is 2.39. The Morgan fingerprint density at radius 3 is 2.70 bits per heavy atom. The lowest BCUT2D eigenvalue weighted by molar-refractivity contribution is 0.449. The van der Waals surface area contributed by atoms with Gasteiger partial charge in [-0.05, 0) is 53.7 Å². The summed E-state index contributed by atoms with van der Waals surface area (Å²) in [6.45, 7) is 3.39. The number of rotatable bonds is 8. The van der Waals surface area contributed by atoms with Gasteiger partial charge in [0.1, 0.15) is 4.90 Å². The maximum absolute atomic E-state index is 12.4. The van der Waals surface area contributed by atoms with Crippen LogP contribution >= 0.6 is 27.3 Å². The maximum Gasteiger partial charge on any atom is 0.242 e. The second-order valence-corrected chi connectivity index (χ2v) is 9.65. The van der Waals surface area contributed by atoms with Gasteiger partial charge in [0.05, 0.1) is 3.79 Å². The second-order valence-electron chi connectivity index (χ2n) is 5.46. The second kappa shape index (κ2) is 6.44. The lowest BCUT2D eigenvalue weighted by Gasteiger charge is -2.14. The number of hydrogen-bond acceptors (Lipinski definition) is 4. The Balaban J connectivity index is 2.06. The van der Waals surface area contributed by atoms with Gasteiger partial charge in [-0.25, -0.2) is 13.1 Å². The third-order valence-corrected chi connectivity index (χ3v) is 7.37. The Bertz CT molecular complexity index is 565. The van der Waals surface area contributed by atoms with Crippen LogP contribution in [0, 0.1) is 5.41 Å². The normalized spacial score (nSPS) is 17.4. The third-order valence-electron chi connectivity index (χ3n) is 3.72. The molecule has 1 heterocycles. The maximum atomic E-state index is 12.4. The predicted molar refractivity (Wildman–Crippen MR) is 86.5 cm³/mol. The lowest BCUT2D eigenvalue weighted by Crippen LogP contribution is -2.30. The molecule has 2 rings (SSSR count). The van der Waals surface area contributed by atoms with Crippen molar-refractivity contribution >= 4 is 37.3 Å². The van der Waals surface area contributed by atoms with E-state index in [9.17, 15) is 8.42 Å². The molecule has 0 spiro atoms. The van der Waals surface area contributed by atoms with Gasteiger partial charge >= 0.3 is 0 Å². The zero-order chi connectivity index (χ0) is 14.8. The highest BCUT2D eigenvalue weighted by molar-refractivity contribution is 9.11. The van der Waals surface area contributed by atoms with Crippen LogP contribution in [-0.4, -0.2) is 22.0 Å². The Morgan fingerprint density at radius 1 is 1.45 bits per heavy atom. The van der Waals surface area contributed by atoms with Crippen molar-refractivity contribution in [2.75, 3.05) is 13.6 Å². The highest BCUT2D eigenvalue weighted by atomic mass is 79.9. The van der Waals surface area contributed by atoms with E-state index < -0.39 is 10.0 Å². The largest absolute Gasteiger partial charge is 0.315 e. The van der Waals surface area contributed by atoms with Crippen LogP contribution in [0.4, 0.5) is 0 Å². The van der Waals surface area contributed by atoms with Crippen LogP contribution in [0.3, 0.4) is 0 Å². The molecule has 114 valence electrons. The number of thiophene rings is 1. The first-order valence-electron chi connectivity index (χ1n) is 6.85. The minimum Gasteiger partial charge on any atom is -0.315 e. The smallest absolute Gasteiger partial charge is 0.242 e. The number of sulfonamides is 1. The fourth-order valence-corrected chi connectivity index (χ4v) is 6.24. The number of hydrogen-bond donors (Lipinski definition) is 2. The zero-order valence-electron chi connectivity index (χ0n) is 11.8. The van der Waals surface area contributed by atoms with Gasteiger partial charge in [-0.3, -0.25) is 0 Å². The molecule has 1 saturated carbocycles. The van der Waals surface area contributed by atoms with Crippen molar-refractivity contribution < 1.29 is 8.42 Å². The highest BCUT2D eigenvalue weighted by Gasteiger charge is 2.42. The van der Waals surface area contributed by atoms with Crippen molar-refractivity contribution in [3.63, 3.8) is 0 Å². The average Bonchev–Trinajstić information content (AvgIpc) is 3.04. The quantitative estimate of drug-likeness (QED) is 0.728. The van der Waals surface area contributed by atoms with Crippen LogP contribution in [0.2, 0.25) is 0 Å². The molecule has 0 aromatic carbocycles. The molecule has 0 saturated heterocycles. The van der Waals surface area contributed by atoms with Gasteiger partial charge in [0, 0.05) is 18.0 Å². The summed E-state index contributed by atoms with van der Waals surface area (Å²) >= 11 is 4.82. The zero-order valence-corrected chi connectivity index (χ0v) is 15.0. The Kier molecular flexibility index (Phi) is 5.29. The molecule has 20 heavy (non-hydrogen) atoms. The standard InChI is InChI=1S/C13H21BrN2O2S2/c1-3-4-13(5-6-13)9-16-20(17,18)11-7-10(8-15-2)19-12(11)14/h7,15-16H,3-6,8-9H2,1-2H3. The lowest BCUT2D eigenvalue weighted by atomic mass is 10.0. The van der Waals surface area contributed by atoms with E-state index in [1.807, 2.05) is 7.05 Å². The van der Waals surface area contributed by atoms with E-state index in [0.29, 0.717) is 21.8 Å². The van der Waals surface area contributed by atoms with Crippen LogP contribution in [0.15, 0.2) is 14.7 Å². The molecule has 0 radical (unpaired) electrons. The molecule has 7 heteroatoms. The summed E-state index contributed by atoms with van der Waals surface area (Å²) in [6, 6.07) is 1.74. The molecule has 0 unspecified atom stereocenters. The minimum atomic E-state index is -3.41. The van der Waals surface area contributed by atoms with Crippen molar-refractivity contribution in [3.8, 4) is 0 Å². The predicted octanol–water partition coefficient (Wildman–Crippen LogP) is 3.09. The van der Waals surface area contributed by atoms with Gasteiger partial charge in [0.25, 0.3) is 0 Å². The number of nitrogens with one attached hydrogen (secondary N) is 2. The SMILES string of the molecule is CCCC1(CNS(=O)(=O)c2cc(CNC)sc2Br)CC1. The van der Waals surface area contributed by atoms with Crippen molar-refractivity contribution in [3.05, 3.63) is 14.7 Å². The molecule has 1 fully saturated rings. The van der Waals surface area contributed by atoms with Gasteiger partial charge in [-0.15, -0.1) is 11.3 Å². The summed E-state index contributed by atoms with van der Waals surface area (Å²) in [5, 5.41) is 3.03. The molecule has 0 amide bonds. The van der Waals surface area contributed by atoms with Crippen LogP contribution in [0.1, 0.15) is 37.5 Å². The summed E-state index contributed by atoms with van der Waals surface area (Å²) in [4.78, 5) is 1.37. The summed E-state index contributed by atoms with van der Waals surface area (Å²) < 4.78 is 28.3. The van der Waals surface area contributed by atoms with Gasteiger partial charge < -0.3 is 5.32 Å². The summed E-state index contributed by atoms with van der Waals surface area (Å²) in [5.74, 6) is 0. The van der Waals surface area contributed by atoms with Crippen LogP contribution in [0.5, 0.6) is 0 Å². The van der Waals surface area contributed by atoms with E-state index in [-0.39, 0.29) is 5.41 Å². The first kappa shape index (κ1) is 16.4. The molecule has 2 N–H and O–H groups in total. The molecule has 0 bridgehead atoms.